The van der Waals surface area contributed by atoms with Gasteiger partial charge in [-0.2, -0.15) is 0 Å². The fourth-order valence-electron chi connectivity index (χ4n) is 6.52. The molecular weight excluding hydrogens is 415 g/mol. The molecule has 0 aromatic heterocycles. The van der Waals surface area contributed by atoms with Crippen LogP contribution in [0.1, 0.15) is 72.1 Å². The summed E-state index contributed by atoms with van der Waals surface area (Å²) in [6.45, 7) is 9.51. The largest absolute Gasteiger partial charge is 0.393 e. The van der Waals surface area contributed by atoms with E-state index in [9.17, 15) is 18.8 Å². The summed E-state index contributed by atoms with van der Waals surface area (Å²) in [4.78, 5) is 0. The lowest BCUT2D eigenvalue weighted by molar-refractivity contribution is 0.0789. The molecule has 0 bridgehead atoms. The molecular formula is C24H39FN2O3S. The van der Waals surface area contributed by atoms with Gasteiger partial charge in [-0.25, -0.2) is 18.5 Å². The molecule has 0 spiro atoms. The predicted octanol–water partition coefficient (Wildman–Crippen LogP) is 4.76. The third-order valence-corrected chi connectivity index (χ3v) is 9.74. The predicted molar refractivity (Wildman–Crippen MR) is 123 cm³/mol. The number of halogens is 1. The first-order valence-corrected chi connectivity index (χ1v) is 13.1. The Hall–Kier alpha value is -1.02. The lowest BCUT2D eigenvalue weighted by Crippen LogP contribution is -2.41. The van der Waals surface area contributed by atoms with Gasteiger partial charge in [-0.15, -0.1) is 0 Å². The number of aliphatic hydroxyl groups is 2. The normalized spacial score (nSPS) is 41.6. The van der Waals surface area contributed by atoms with Crippen LogP contribution in [-0.2, 0) is 9.92 Å². The monoisotopic (exact) mass is 454 g/mol. The van der Waals surface area contributed by atoms with E-state index in [4.69, 9.17) is 9.92 Å². The highest BCUT2D eigenvalue weighted by Gasteiger charge is 2.52. The highest BCUT2D eigenvalue weighted by Crippen LogP contribution is 2.60. The Morgan fingerprint density at radius 2 is 2.10 bits per heavy atom. The van der Waals surface area contributed by atoms with E-state index in [2.05, 4.69) is 19.6 Å². The molecule has 3 saturated carbocycles. The van der Waals surface area contributed by atoms with Crippen LogP contribution in [0.3, 0.4) is 0 Å². The average Bonchev–Trinajstić information content (AvgIpc) is 2.99. The summed E-state index contributed by atoms with van der Waals surface area (Å²) >= 11 is 0. The first-order chi connectivity index (χ1) is 14.3. The highest BCUT2D eigenvalue weighted by molar-refractivity contribution is 7.91. The maximum atomic E-state index is 14.9. The van der Waals surface area contributed by atoms with Gasteiger partial charge in [0.05, 0.1) is 12.2 Å². The van der Waals surface area contributed by atoms with E-state index in [1.165, 1.54) is 12.5 Å². The highest BCUT2D eigenvalue weighted by atomic mass is 32.2. The van der Waals surface area contributed by atoms with E-state index >= 15 is 0 Å². The Morgan fingerprint density at radius 1 is 1.42 bits per heavy atom. The fourth-order valence-corrected chi connectivity index (χ4v) is 7.03. The van der Waals surface area contributed by atoms with Crippen molar-refractivity contribution in [2.75, 3.05) is 0 Å². The summed E-state index contributed by atoms with van der Waals surface area (Å²) in [7, 11) is -3.76. The Balaban J connectivity index is 1.80. The van der Waals surface area contributed by atoms with Crippen LogP contribution in [0.15, 0.2) is 35.5 Å². The Labute approximate surface area is 186 Å². The Bertz CT molecular complexity index is 879. The zero-order chi connectivity index (χ0) is 23.2. The number of aliphatic hydroxyl groups excluding tert-OH is 2. The summed E-state index contributed by atoms with van der Waals surface area (Å²) in [5.74, 6) is 0.682. The van der Waals surface area contributed by atoms with Crippen molar-refractivity contribution in [3.63, 3.8) is 0 Å². The van der Waals surface area contributed by atoms with Gasteiger partial charge in [0.25, 0.3) is 0 Å². The molecule has 7 heteroatoms. The van der Waals surface area contributed by atoms with E-state index in [0.29, 0.717) is 30.3 Å². The fraction of sp³-hybridized carbons (Fsp3) is 0.750. The number of allylic oxidation sites excluding steroid dienone is 3. The third-order valence-electron chi connectivity index (χ3n) is 8.31. The second-order valence-corrected chi connectivity index (χ2v) is 12.6. The van der Waals surface area contributed by atoms with Crippen molar-refractivity contribution >= 4 is 9.92 Å². The molecule has 3 aliphatic carbocycles. The van der Waals surface area contributed by atoms with E-state index in [1.54, 1.807) is 0 Å². The molecule has 8 atom stereocenters. The number of fused-ring (bicyclic) bond motifs is 1. The van der Waals surface area contributed by atoms with Gasteiger partial charge in [0.1, 0.15) is 9.92 Å². The molecule has 3 fully saturated rings. The quantitative estimate of drug-likeness (QED) is 0.481. The molecule has 0 heterocycles. The van der Waals surface area contributed by atoms with Crippen LogP contribution in [0.4, 0.5) is 4.39 Å². The molecule has 0 radical (unpaired) electrons. The summed E-state index contributed by atoms with van der Waals surface area (Å²) in [5, 5.41) is 23.3. The minimum atomic E-state index is -3.76. The van der Waals surface area contributed by atoms with Gasteiger partial charge < -0.3 is 10.2 Å². The summed E-state index contributed by atoms with van der Waals surface area (Å²) < 4.78 is 34.3. The maximum absolute atomic E-state index is 14.9. The van der Waals surface area contributed by atoms with E-state index in [-0.39, 0.29) is 17.8 Å². The van der Waals surface area contributed by atoms with Crippen molar-refractivity contribution in [3.8, 4) is 0 Å². The van der Waals surface area contributed by atoms with E-state index in [1.807, 2.05) is 13.0 Å². The number of nitrogens with one attached hydrogen (secondary N) is 1. The molecule has 0 aliphatic heterocycles. The molecule has 31 heavy (non-hydrogen) atoms. The molecule has 0 amide bonds. The van der Waals surface area contributed by atoms with Gasteiger partial charge in [-0.1, -0.05) is 38.2 Å². The van der Waals surface area contributed by atoms with Crippen LogP contribution in [0.25, 0.3) is 0 Å². The SMILES string of the molecule is C=C1C(=CC=C2CCC[C@]3(C)[C@@H]([C@H](C)C[C@](C)(F)S(=N)(N)=O)CC[C@@H]23)C[C@@H](O)C[C@@H]1O. The molecule has 5 nitrogen and oxygen atoms in total. The van der Waals surface area contributed by atoms with Crippen molar-refractivity contribution in [3.05, 3.63) is 35.5 Å². The van der Waals surface area contributed by atoms with Gasteiger partial charge in [0, 0.05) is 6.42 Å². The van der Waals surface area contributed by atoms with Gasteiger partial charge in [-0.3, -0.25) is 0 Å². The summed E-state index contributed by atoms with van der Waals surface area (Å²) in [6, 6.07) is 0. The van der Waals surface area contributed by atoms with Crippen molar-refractivity contribution in [2.45, 2.75) is 89.3 Å². The zero-order valence-corrected chi connectivity index (χ0v) is 19.9. The molecule has 176 valence electrons. The third kappa shape index (κ3) is 4.85. The topological polar surface area (TPSA) is 107 Å². The molecule has 3 rings (SSSR count). The maximum Gasteiger partial charge on any atom is 0.203 e. The molecule has 1 unspecified atom stereocenters. The molecule has 0 aromatic rings. The van der Waals surface area contributed by atoms with Crippen LogP contribution < -0.4 is 5.14 Å². The minimum Gasteiger partial charge on any atom is -0.393 e. The minimum absolute atomic E-state index is 0.0131. The lowest BCUT2D eigenvalue weighted by atomic mass is 9.60. The first kappa shape index (κ1) is 24.6. The average molecular weight is 455 g/mol. The standard InChI is InChI=1S/C24H39FN2O3S/c1-15(14-24(4,25)31(26,27)30)20-9-10-21-17(6-5-11-23(20,21)3)7-8-18-12-19(28)13-22(29)16(18)2/h7-8,15,19-22,28-29H,2,5-6,9-14H2,1,3-4H3,(H3,26,27,30)/t15-,19-,20-,21+,22+,23-,24-/m1/s1. The van der Waals surface area contributed by atoms with Crippen molar-refractivity contribution in [1.29, 1.82) is 4.78 Å². The van der Waals surface area contributed by atoms with E-state index in [0.717, 1.165) is 37.7 Å². The number of rotatable bonds is 5. The van der Waals surface area contributed by atoms with E-state index < -0.39 is 27.1 Å². The molecule has 5 N–H and O–H groups in total. The number of hydrogen-bond donors (Lipinski definition) is 4. The van der Waals surface area contributed by atoms with Crippen molar-refractivity contribution in [1.82, 2.24) is 0 Å². The smallest absolute Gasteiger partial charge is 0.203 e. The second-order valence-electron chi connectivity index (χ2n) is 10.5. The first-order valence-electron chi connectivity index (χ1n) is 11.5. The summed E-state index contributed by atoms with van der Waals surface area (Å²) in [5.41, 5.74) is 3.03. The zero-order valence-electron chi connectivity index (χ0n) is 19.1. The van der Waals surface area contributed by atoms with Crippen LogP contribution >= 0.6 is 0 Å². The van der Waals surface area contributed by atoms with Crippen LogP contribution in [0.5, 0.6) is 0 Å². The van der Waals surface area contributed by atoms with Gasteiger partial charge in [0.2, 0.25) is 5.00 Å². The number of alkyl halides is 1. The summed E-state index contributed by atoms with van der Waals surface area (Å²) in [6.07, 6.45) is 9.04. The molecule has 3 aliphatic rings. The van der Waals surface area contributed by atoms with Gasteiger partial charge >= 0.3 is 0 Å². The van der Waals surface area contributed by atoms with Crippen LogP contribution in [0.2, 0.25) is 0 Å². The van der Waals surface area contributed by atoms with Gasteiger partial charge in [-0.05, 0) is 86.2 Å². The molecule has 0 saturated heterocycles. The number of nitrogens with two attached hydrogens (primary N) is 1. The Kier molecular flexibility index (Phi) is 6.93. The lowest BCUT2D eigenvalue weighted by Gasteiger charge is -2.45. The van der Waals surface area contributed by atoms with Crippen molar-refractivity contribution in [2.24, 2.45) is 28.3 Å². The second kappa shape index (κ2) is 8.73. The Morgan fingerprint density at radius 3 is 2.74 bits per heavy atom. The number of hydrogen-bond acceptors (Lipinski definition) is 4. The van der Waals surface area contributed by atoms with Gasteiger partial charge in [0.15, 0.2) is 0 Å². The van der Waals surface area contributed by atoms with Crippen LogP contribution in [-0.4, -0.2) is 31.6 Å². The molecule has 0 aromatic carbocycles. The van der Waals surface area contributed by atoms with Crippen LogP contribution in [0, 0.1) is 27.9 Å². The van der Waals surface area contributed by atoms with Crippen molar-refractivity contribution < 1.29 is 18.8 Å².